The zero-order valence-corrected chi connectivity index (χ0v) is 20.1. The molecule has 1 heterocycles. The fourth-order valence-electron chi connectivity index (χ4n) is 3.90. The molecule has 0 amide bonds. The molecule has 0 N–H and O–H groups in total. The number of ether oxygens (including phenoxy) is 1. The molecule has 0 aliphatic carbocycles. The fraction of sp³-hybridized carbons (Fsp3) is 0.148. The number of rotatable bonds is 8. The Bertz CT molecular complexity index is 1500. The van der Waals surface area contributed by atoms with Crippen molar-refractivity contribution in [2.75, 3.05) is 10.8 Å². The Kier molecular flexibility index (Phi) is 7.12. The molecule has 4 rings (SSSR count). The summed E-state index contributed by atoms with van der Waals surface area (Å²) in [5, 5.41) is 2.55. The van der Waals surface area contributed by atoms with E-state index in [0.29, 0.717) is 39.9 Å². The van der Waals surface area contributed by atoms with Gasteiger partial charge in [0.05, 0.1) is 5.69 Å². The lowest BCUT2D eigenvalue weighted by Gasteiger charge is -2.23. The Morgan fingerprint density at radius 1 is 1.03 bits per heavy atom. The average molecular weight is 495 g/mol. The third-order valence-corrected chi connectivity index (χ3v) is 6.65. The number of aromatic nitrogens is 1. The van der Waals surface area contributed by atoms with Crippen molar-refractivity contribution < 1.29 is 17.7 Å². The van der Waals surface area contributed by atoms with Crippen LogP contribution in [0.15, 0.2) is 83.6 Å². The molecule has 8 heteroatoms. The number of anilines is 1. The Morgan fingerprint density at radius 3 is 2.43 bits per heavy atom. The molecule has 180 valence electrons. The highest BCUT2D eigenvalue weighted by atomic mass is 32.2. The van der Waals surface area contributed by atoms with Gasteiger partial charge in [-0.3, -0.25) is 9.10 Å². The summed E-state index contributed by atoms with van der Waals surface area (Å²) in [5.41, 5.74) is 1.71. The first-order chi connectivity index (χ1) is 16.8. The molecule has 0 aliphatic rings. The van der Waals surface area contributed by atoms with Crippen LogP contribution in [0.1, 0.15) is 13.3 Å². The van der Waals surface area contributed by atoms with E-state index in [4.69, 9.17) is 4.74 Å². The maximum atomic E-state index is 14.4. The van der Waals surface area contributed by atoms with Crippen LogP contribution >= 0.6 is 0 Å². The third-order valence-electron chi connectivity index (χ3n) is 5.53. The molecule has 4 aromatic rings. The number of fused-ring (bicyclic) bond motifs is 1. The Labute approximate surface area is 204 Å². The summed E-state index contributed by atoms with van der Waals surface area (Å²) in [7, 11) is 0.184. The second-order valence-corrected chi connectivity index (χ2v) is 9.23. The highest BCUT2D eigenvalue weighted by Crippen LogP contribution is 2.40. The van der Waals surface area contributed by atoms with Crippen molar-refractivity contribution in [1.82, 2.24) is 4.57 Å². The number of benzene rings is 3. The van der Waals surface area contributed by atoms with Crippen LogP contribution in [0.2, 0.25) is 0 Å². The molecule has 0 spiro atoms. The minimum Gasteiger partial charge on any atom is -0.454 e. The van der Waals surface area contributed by atoms with Crippen molar-refractivity contribution in [3.8, 4) is 22.6 Å². The van der Waals surface area contributed by atoms with Crippen molar-refractivity contribution in [2.24, 2.45) is 7.05 Å². The average Bonchev–Trinajstić information content (AvgIpc) is 2.86. The van der Waals surface area contributed by atoms with Gasteiger partial charge in [0.25, 0.3) is 5.56 Å². The molecule has 0 saturated heterocycles. The normalized spacial score (nSPS) is 11.9. The van der Waals surface area contributed by atoms with E-state index in [1.165, 1.54) is 16.0 Å². The second kappa shape index (κ2) is 10.2. The van der Waals surface area contributed by atoms with E-state index in [-0.39, 0.29) is 11.3 Å². The van der Waals surface area contributed by atoms with Crippen LogP contribution in [0.5, 0.6) is 11.5 Å². The van der Waals surface area contributed by atoms with Crippen LogP contribution in [-0.4, -0.2) is 15.3 Å². The Hall–Kier alpha value is -3.78. The zero-order chi connectivity index (χ0) is 25.1. The minimum atomic E-state index is -1.47. The Balaban J connectivity index is 1.98. The lowest BCUT2D eigenvalue weighted by molar-refractivity contribution is 0.439. The highest BCUT2D eigenvalue weighted by Gasteiger charge is 2.19. The van der Waals surface area contributed by atoms with Gasteiger partial charge in [0.2, 0.25) is 0 Å². The molecule has 0 bridgehead atoms. The predicted molar refractivity (Wildman–Crippen MR) is 137 cm³/mol. The molecule has 0 radical (unpaired) electrons. The maximum Gasteiger partial charge on any atom is 0.258 e. The van der Waals surface area contributed by atoms with Gasteiger partial charge in [-0.2, -0.15) is 0 Å². The van der Waals surface area contributed by atoms with E-state index >= 15 is 0 Å². The molecule has 5 nitrogen and oxygen atoms in total. The van der Waals surface area contributed by atoms with Crippen LogP contribution in [0, 0.1) is 11.6 Å². The number of nitrogens with zero attached hydrogens (tertiary/aromatic N) is 2. The van der Waals surface area contributed by atoms with Gasteiger partial charge in [-0.05, 0) is 48.2 Å². The van der Waals surface area contributed by atoms with Crippen molar-refractivity contribution in [3.63, 3.8) is 0 Å². The van der Waals surface area contributed by atoms with E-state index in [2.05, 4.69) is 6.58 Å². The lowest BCUT2D eigenvalue weighted by atomic mass is 9.99. The van der Waals surface area contributed by atoms with Gasteiger partial charge in [-0.15, -0.1) is 0 Å². The quantitative estimate of drug-likeness (QED) is 0.289. The van der Waals surface area contributed by atoms with Crippen LogP contribution < -0.4 is 14.6 Å². The number of hydrogen-bond donors (Lipinski definition) is 0. The predicted octanol–water partition coefficient (Wildman–Crippen LogP) is 6.30. The van der Waals surface area contributed by atoms with E-state index < -0.39 is 22.6 Å². The summed E-state index contributed by atoms with van der Waals surface area (Å²) in [4.78, 5) is 12.7. The molecular formula is C27H24F2N2O3S. The molecular weight excluding hydrogens is 470 g/mol. The first-order valence-corrected chi connectivity index (χ1v) is 12.2. The zero-order valence-electron chi connectivity index (χ0n) is 19.3. The van der Waals surface area contributed by atoms with Crippen LogP contribution in [0.3, 0.4) is 0 Å². The smallest absolute Gasteiger partial charge is 0.258 e. The molecule has 0 saturated carbocycles. The van der Waals surface area contributed by atoms with Crippen molar-refractivity contribution >= 4 is 27.4 Å². The first-order valence-electron chi connectivity index (χ1n) is 11.0. The largest absolute Gasteiger partial charge is 0.454 e. The monoisotopic (exact) mass is 494 g/mol. The molecule has 35 heavy (non-hydrogen) atoms. The topological polar surface area (TPSA) is 51.5 Å². The SMILES string of the molecule is C=CS(=O)N(CCC)c1ccc(Oc2ccc(F)cc2F)c(-c2cn(C)c(=O)c3ccccc23)c1. The number of halogens is 2. The van der Waals surface area contributed by atoms with Gasteiger partial charge in [0, 0.05) is 47.8 Å². The second-order valence-electron chi connectivity index (χ2n) is 7.91. The summed E-state index contributed by atoms with van der Waals surface area (Å²) in [6.45, 7) is 6.13. The van der Waals surface area contributed by atoms with E-state index in [1.807, 2.05) is 19.1 Å². The highest BCUT2D eigenvalue weighted by molar-refractivity contribution is 7.89. The van der Waals surface area contributed by atoms with Gasteiger partial charge < -0.3 is 9.30 Å². The van der Waals surface area contributed by atoms with E-state index in [1.54, 1.807) is 47.9 Å². The van der Waals surface area contributed by atoms with Crippen molar-refractivity contribution in [3.05, 3.63) is 101 Å². The number of aryl methyl sites for hydroxylation is 1. The molecule has 1 unspecified atom stereocenters. The molecule has 1 aromatic heterocycles. The van der Waals surface area contributed by atoms with Gasteiger partial charge in [-0.25, -0.2) is 13.0 Å². The van der Waals surface area contributed by atoms with Crippen LogP contribution in [-0.2, 0) is 18.0 Å². The van der Waals surface area contributed by atoms with Gasteiger partial charge in [0.15, 0.2) is 11.6 Å². The van der Waals surface area contributed by atoms with E-state index in [0.717, 1.165) is 18.6 Å². The van der Waals surface area contributed by atoms with Crippen molar-refractivity contribution in [2.45, 2.75) is 13.3 Å². The standard InChI is InChI=1S/C27H24F2N2O3S/c1-4-14-31(35(33)5-2)19-11-13-25(34-26-12-10-18(28)15-24(26)29)22(16-19)23-17-30(3)27(32)21-9-7-6-8-20(21)23/h5-13,15-17H,2,4,14H2,1,3H3. The van der Waals surface area contributed by atoms with Crippen molar-refractivity contribution in [1.29, 1.82) is 0 Å². The minimum absolute atomic E-state index is 0.144. The van der Waals surface area contributed by atoms with Gasteiger partial charge >= 0.3 is 0 Å². The molecule has 1 atom stereocenters. The van der Waals surface area contributed by atoms with Gasteiger partial charge in [0.1, 0.15) is 22.6 Å². The summed E-state index contributed by atoms with van der Waals surface area (Å²) >= 11 is 0. The number of hydrogen-bond acceptors (Lipinski definition) is 3. The maximum absolute atomic E-state index is 14.4. The number of pyridine rings is 1. The summed E-state index contributed by atoms with van der Waals surface area (Å²) < 4.78 is 49.6. The molecule has 0 aliphatic heterocycles. The lowest BCUT2D eigenvalue weighted by Crippen LogP contribution is -2.25. The summed E-state index contributed by atoms with van der Waals surface area (Å²) in [5.74, 6) is -1.40. The fourth-order valence-corrected chi connectivity index (χ4v) is 4.76. The molecule has 0 fully saturated rings. The Morgan fingerprint density at radius 2 is 1.74 bits per heavy atom. The first kappa shape index (κ1) is 24.3. The summed E-state index contributed by atoms with van der Waals surface area (Å²) in [6.07, 6.45) is 2.43. The molecule has 3 aromatic carbocycles. The van der Waals surface area contributed by atoms with Crippen LogP contribution in [0.4, 0.5) is 14.5 Å². The van der Waals surface area contributed by atoms with E-state index in [9.17, 15) is 17.8 Å². The third kappa shape index (κ3) is 4.88. The van der Waals surface area contributed by atoms with Crippen LogP contribution in [0.25, 0.3) is 21.9 Å². The van der Waals surface area contributed by atoms with Gasteiger partial charge in [-0.1, -0.05) is 31.7 Å². The summed E-state index contributed by atoms with van der Waals surface area (Å²) in [6, 6.07) is 15.4.